The maximum absolute atomic E-state index is 5.49. The summed E-state index contributed by atoms with van der Waals surface area (Å²) in [5, 5.41) is 0. The smallest absolute Gasteiger partial charge is 0.411 e. The van der Waals surface area contributed by atoms with Gasteiger partial charge in [0, 0.05) is 37.7 Å². The van der Waals surface area contributed by atoms with E-state index in [-0.39, 0.29) is 12.2 Å². The Hall–Kier alpha value is -0.655. The van der Waals surface area contributed by atoms with Crippen LogP contribution in [0, 0.1) is 0 Å². The van der Waals surface area contributed by atoms with Gasteiger partial charge in [-0.3, -0.25) is 0 Å². The van der Waals surface area contributed by atoms with Gasteiger partial charge in [0.25, 0.3) is 0 Å². The molecule has 0 fully saturated rings. The van der Waals surface area contributed by atoms with Gasteiger partial charge in [-0.1, -0.05) is 0 Å². The highest BCUT2D eigenvalue weighted by atomic mass is 79.9. The maximum atomic E-state index is 5.49. The molecule has 0 spiro atoms. The van der Waals surface area contributed by atoms with Crippen LogP contribution in [-0.2, 0) is 9.31 Å². The summed E-state index contributed by atoms with van der Waals surface area (Å²) in [6, 6.07) is 0. The molecule has 0 aliphatic heterocycles. The third-order valence-corrected chi connectivity index (χ3v) is 3.34. The number of rotatable bonds is 10. The molecule has 0 saturated heterocycles. The van der Waals surface area contributed by atoms with Gasteiger partial charge in [0.1, 0.15) is 0 Å². The molecule has 1 rings (SSSR count). The second-order valence-corrected chi connectivity index (χ2v) is 6.07. The first-order valence-corrected chi connectivity index (χ1v) is 8.17. The fraction of sp³-hybridized carbons (Fsp3) is 0.714. The standard InChI is InChI=1S/C14H24BBrN3O2/c1-5-19(14-17-9-13(16)10-18-14)8-6-7-12(4)21-15-20-11(2)3/h9-12H,5-8H2,1-4H3. The molecule has 0 N–H and O–H groups in total. The highest BCUT2D eigenvalue weighted by Gasteiger charge is 2.09. The van der Waals surface area contributed by atoms with E-state index in [2.05, 4.69) is 37.7 Å². The largest absolute Gasteiger partial charge is 0.488 e. The lowest BCUT2D eigenvalue weighted by atomic mass is 10.2. The Morgan fingerprint density at radius 1 is 1.24 bits per heavy atom. The molecule has 0 aromatic carbocycles. The Morgan fingerprint density at radius 2 is 1.90 bits per heavy atom. The predicted molar refractivity (Wildman–Crippen MR) is 89.4 cm³/mol. The van der Waals surface area contributed by atoms with Crippen LogP contribution < -0.4 is 4.90 Å². The molecule has 1 atom stereocenters. The molecule has 5 nitrogen and oxygen atoms in total. The molecular weight excluding hydrogens is 333 g/mol. The van der Waals surface area contributed by atoms with Crippen molar-refractivity contribution in [2.24, 2.45) is 0 Å². The molecule has 1 heterocycles. The molecular formula is C14H24BBrN3O2. The third kappa shape index (κ3) is 7.78. The van der Waals surface area contributed by atoms with E-state index >= 15 is 0 Å². The summed E-state index contributed by atoms with van der Waals surface area (Å²) in [6.07, 6.45) is 5.83. The van der Waals surface area contributed by atoms with Crippen LogP contribution in [0.5, 0.6) is 0 Å². The van der Waals surface area contributed by atoms with Crippen molar-refractivity contribution in [1.29, 1.82) is 0 Å². The van der Waals surface area contributed by atoms with Crippen LogP contribution >= 0.6 is 15.9 Å². The first kappa shape index (κ1) is 18.4. The summed E-state index contributed by atoms with van der Waals surface area (Å²) in [5.41, 5.74) is 0. The number of nitrogens with zero attached hydrogens (tertiary/aromatic N) is 3. The Kier molecular flexibility index (Phi) is 8.88. The molecule has 21 heavy (non-hydrogen) atoms. The lowest BCUT2D eigenvalue weighted by Crippen LogP contribution is -2.27. The van der Waals surface area contributed by atoms with Crippen molar-refractivity contribution in [1.82, 2.24) is 9.97 Å². The average Bonchev–Trinajstić information content (AvgIpc) is 2.44. The van der Waals surface area contributed by atoms with Crippen LogP contribution in [0.3, 0.4) is 0 Å². The number of hydrogen-bond donors (Lipinski definition) is 0. The minimum absolute atomic E-state index is 0.147. The Morgan fingerprint density at radius 3 is 2.48 bits per heavy atom. The first-order chi connectivity index (χ1) is 10.0. The molecule has 7 heteroatoms. The molecule has 0 saturated carbocycles. The van der Waals surface area contributed by atoms with Crippen molar-refractivity contribution < 1.29 is 9.31 Å². The number of halogens is 1. The van der Waals surface area contributed by atoms with Crippen molar-refractivity contribution in [3.63, 3.8) is 0 Å². The van der Waals surface area contributed by atoms with Gasteiger partial charge in [-0.15, -0.1) is 0 Å². The fourth-order valence-electron chi connectivity index (χ4n) is 1.74. The van der Waals surface area contributed by atoms with Gasteiger partial charge in [0.2, 0.25) is 5.95 Å². The maximum Gasteiger partial charge on any atom is 0.488 e. The van der Waals surface area contributed by atoms with Gasteiger partial charge in [-0.05, 0) is 56.5 Å². The summed E-state index contributed by atoms with van der Waals surface area (Å²) in [4.78, 5) is 10.8. The van der Waals surface area contributed by atoms with Crippen LogP contribution in [0.15, 0.2) is 16.9 Å². The zero-order chi connectivity index (χ0) is 15.7. The zero-order valence-electron chi connectivity index (χ0n) is 13.3. The van der Waals surface area contributed by atoms with Crippen molar-refractivity contribution in [3.05, 3.63) is 16.9 Å². The highest BCUT2D eigenvalue weighted by Crippen LogP contribution is 2.12. The number of aromatic nitrogens is 2. The lowest BCUT2D eigenvalue weighted by Gasteiger charge is -2.21. The van der Waals surface area contributed by atoms with Crippen molar-refractivity contribution in [2.75, 3.05) is 18.0 Å². The van der Waals surface area contributed by atoms with Crippen molar-refractivity contribution in [3.8, 4) is 0 Å². The molecule has 1 radical (unpaired) electrons. The van der Waals surface area contributed by atoms with E-state index in [0.717, 1.165) is 36.4 Å². The third-order valence-electron chi connectivity index (χ3n) is 2.93. The van der Waals surface area contributed by atoms with Crippen LogP contribution in [-0.4, -0.2) is 43.0 Å². The second-order valence-electron chi connectivity index (χ2n) is 5.15. The van der Waals surface area contributed by atoms with Gasteiger partial charge in [0.15, 0.2) is 0 Å². The summed E-state index contributed by atoms with van der Waals surface area (Å²) in [5.74, 6) is 0.768. The van der Waals surface area contributed by atoms with E-state index in [0.29, 0.717) is 0 Å². The Balaban J connectivity index is 2.27. The van der Waals surface area contributed by atoms with Crippen molar-refractivity contribution in [2.45, 2.75) is 52.7 Å². The number of anilines is 1. The summed E-state index contributed by atoms with van der Waals surface area (Å²) < 4.78 is 11.6. The van der Waals surface area contributed by atoms with Gasteiger partial charge < -0.3 is 14.2 Å². The molecule has 0 aliphatic carbocycles. The van der Waals surface area contributed by atoms with E-state index in [9.17, 15) is 0 Å². The lowest BCUT2D eigenvalue weighted by molar-refractivity contribution is 0.137. The minimum atomic E-state index is 0.147. The number of hydrogen-bond acceptors (Lipinski definition) is 5. The molecule has 1 aromatic rings. The average molecular weight is 357 g/mol. The quantitative estimate of drug-likeness (QED) is 0.602. The molecule has 117 valence electrons. The molecule has 0 aliphatic rings. The van der Waals surface area contributed by atoms with Crippen LogP contribution in [0.2, 0.25) is 0 Å². The monoisotopic (exact) mass is 356 g/mol. The SMILES string of the molecule is CCN(CCCC(C)O[B]OC(C)C)c1ncc(Br)cn1. The second kappa shape index (κ2) is 10.1. The molecule has 0 bridgehead atoms. The molecule has 1 unspecified atom stereocenters. The summed E-state index contributed by atoms with van der Waals surface area (Å²) in [6.45, 7) is 9.91. The molecule has 1 aromatic heterocycles. The summed E-state index contributed by atoms with van der Waals surface area (Å²) in [7, 11) is 1.45. The van der Waals surface area contributed by atoms with E-state index in [1.54, 1.807) is 12.4 Å². The van der Waals surface area contributed by atoms with E-state index in [1.807, 2.05) is 20.8 Å². The van der Waals surface area contributed by atoms with Crippen LogP contribution in [0.4, 0.5) is 5.95 Å². The van der Waals surface area contributed by atoms with E-state index in [4.69, 9.17) is 9.31 Å². The van der Waals surface area contributed by atoms with Crippen LogP contribution in [0.1, 0.15) is 40.5 Å². The Bertz CT molecular complexity index is 392. The zero-order valence-corrected chi connectivity index (χ0v) is 14.8. The fourth-order valence-corrected chi connectivity index (χ4v) is 1.95. The minimum Gasteiger partial charge on any atom is -0.411 e. The topological polar surface area (TPSA) is 47.5 Å². The van der Waals surface area contributed by atoms with E-state index in [1.165, 1.54) is 7.69 Å². The normalized spacial score (nSPS) is 12.5. The first-order valence-electron chi connectivity index (χ1n) is 7.38. The van der Waals surface area contributed by atoms with Gasteiger partial charge in [-0.2, -0.15) is 0 Å². The predicted octanol–water partition coefficient (Wildman–Crippen LogP) is 3.21. The van der Waals surface area contributed by atoms with Gasteiger partial charge in [-0.25, -0.2) is 9.97 Å². The van der Waals surface area contributed by atoms with Gasteiger partial charge in [0.05, 0.1) is 4.47 Å². The molecule has 0 amide bonds. The summed E-state index contributed by atoms with van der Waals surface area (Å²) >= 11 is 3.35. The Labute approximate surface area is 136 Å². The highest BCUT2D eigenvalue weighted by molar-refractivity contribution is 9.10. The van der Waals surface area contributed by atoms with Crippen LogP contribution in [0.25, 0.3) is 0 Å². The van der Waals surface area contributed by atoms with E-state index < -0.39 is 0 Å². The van der Waals surface area contributed by atoms with Gasteiger partial charge >= 0.3 is 7.69 Å². The van der Waals surface area contributed by atoms with Crippen molar-refractivity contribution >= 4 is 29.6 Å².